The quantitative estimate of drug-likeness (QED) is 0.782. The van der Waals surface area contributed by atoms with Crippen LogP contribution >= 0.6 is 15.9 Å². The first-order valence-corrected chi connectivity index (χ1v) is 8.19. The van der Waals surface area contributed by atoms with Gasteiger partial charge in [0.2, 0.25) is 0 Å². The second-order valence-corrected chi connectivity index (χ2v) is 6.11. The van der Waals surface area contributed by atoms with E-state index < -0.39 is 0 Å². The normalized spacial score (nSPS) is 27.2. The third-order valence-electron chi connectivity index (χ3n) is 3.90. The van der Waals surface area contributed by atoms with Crippen molar-refractivity contribution in [2.45, 2.75) is 44.8 Å². The van der Waals surface area contributed by atoms with E-state index in [4.69, 9.17) is 4.74 Å². The van der Waals surface area contributed by atoms with E-state index in [-0.39, 0.29) is 12.2 Å². The Balaban J connectivity index is 1.89. The molecule has 4 nitrogen and oxygen atoms in total. The Morgan fingerprint density at radius 2 is 2.16 bits per heavy atom. The molecule has 1 saturated heterocycles. The molecule has 1 fully saturated rings. The zero-order chi connectivity index (χ0) is 13.2. The molecule has 1 aliphatic carbocycles. The number of hydrogen-bond acceptors (Lipinski definition) is 4. The minimum absolute atomic E-state index is 0.248. The van der Waals surface area contributed by atoms with Crippen LogP contribution < -0.4 is 4.90 Å². The van der Waals surface area contributed by atoms with E-state index in [1.165, 1.54) is 24.1 Å². The fourth-order valence-electron chi connectivity index (χ4n) is 3.08. The van der Waals surface area contributed by atoms with Crippen LogP contribution in [-0.2, 0) is 17.6 Å². The van der Waals surface area contributed by atoms with Crippen LogP contribution in [0.5, 0.6) is 0 Å². The van der Waals surface area contributed by atoms with E-state index in [1.54, 1.807) is 6.33 Å². The molecule has 0 aromatic carbocycles. The first-order valence-electron chi connectivity index (χ1n) is 7.07. The Labute approximate surface area is 122 Å². The third kappa shape index (κ3) is 2.77. The molecule has 0 radical (unpaired) electrons. The maximum atomic E-state index is 5.90. The fourth-order valence-corrected chi connectivity index (χ4v) is 3.44. The Morgan fingerprint density at radius 3 is 3.00 bits per heavy atom. The third-order valence-corrected chi connectivity index (χ3v) is 4.62. The van der Waals surface area contributed by atoms with Crippen molar-refractivity contribution in [2.24, 2.45) is 0 Å². The molecule has 1 aliphatic heterocycles. The van der Waals surface area contributed by atoms with Crippen LogP contribution in [0, 0.1) is 0 Å². The number of hydrogen-bond donors (Lipinski definition) is 0. The Kier molecular flexibility index (Phi) is 4.03. The monoisotopic (exact) mass is 325 g/mol. The topological polar surface area (TPSA) is 38.2 Å². The number of aryl methyl sites for hydroxylation is 1. The summed E-state index contributed by atoms with van der Waals surface area (Å²) in [6.07, 6.45) is 6.97. The van der Waals surface area contributed by atoms with Crippen molar-refractivity contribution < 1.29 is 4.74 Å². The highest BCUT2D eigenvalue weighted by atomic mass is 79.9. The van der Waals surface area contributed by atoms with Gasteiger partial charge >= 0.3 is 0 Å². The van der Waals surface area contributed by atoms with Crippen LogP contribution in [0.1, 0.15) is 31.0 Å². The number of ether oxygens (including phenoxy) is 1. The predicted molar refractivity (Wildman–Crippen MR) is 79.0 cm³/mol. The highest BCUT2D eigenvalue weighted by Gasteiger charge is 2.28. The van der Waals surface area contributed by atoms with Crippen molar-refractivity contribution in [3.63, 3.8) is 0 Å². The predicted octanol–water partition coefficient (Wildman–Crippen LogP) is 2.34. The fraction of sp³-hybridized carbons (Fsp3) is 0.714. The van der Waals surface area contributed by atoms with Crippen molar-refractivity contribution in [3.05, 3.63) is 17.6 Å². The van der Waals surface area contributed by atoms with Gasteiger partial charge in [-0.3, -0.25) is 0 Å². The zero-order valence-electron chi connectivity index (χ0n) is 11.3. The highest BCUT2D eigenvalue weighted by Crippen LogP contribution is 2.29. The number of alkyl halides is 1. The zero-order valence-corrected chi connectivity index (χ0v) is 12.9. The molecule has 2 heterocycles. The average molecular weight is 326 g/mol. The molecule has 5 heteroatoms. The first kappa shape index (κ1) is 13.3. The van der Waals surface area contributed by atoms with E-state index in [2.05, 4.69) is 37.7 Å². The molecule has 3 rings (SSSR count). The molecule has 104 valence electrons. The van der Waals surface area contributed by atoms with E-state index in [1.807, 2.05) is 0 Å². The van der Waals surface area contributed by atoms with Gasteiger partial charge in [0.15, 0.2) is 0 Å². The van der Waals surface area contributed by atoms with Crippen molar-refractivity contribution >= 4 is 21.7 Å². The SMILES string of the molecule is CC1CN(c2ncnc3c2CCCC3)CC(CBr)O1. The number of aromatic nitrogens is 2. The summed E-state index contributed by atoms with van der Waals surface area (Å²) >= 11 is 3.53. The van der Waals surface area contributed by atoms with Gasteiger partial charge in [-0.2, -0.15) is 0 Å². The molecule has 0 spiro atoms. The lowest BCUT2D eigenvalue weighted by atomic mass is 9.96. The lowest BCUT2D eigenvalue weighted by Gasteiger charge is -2.38. The molecule has 0 bridgehead atoms. The Morgan fingerprint density at radius 1 is 1.32 bits per heavy atom. The van der Waals surface area contributed by atoms with Crippen molar-refractivity contribution in [2.75, 3.05) is 23.3 Å². The molecular weight excluding hydrogens is 306 g/mol. The van der Waals surface area contributed by atoms with Crippen molar-refractivity contribution in [1.29, 1.82) is 0 Å². The van der Waals surface area contributed by atoms with Gasteiger partial charge in [0, 0.05) is 29.7 Å². The molecule has 0 saturated carbocycles. The molecule has 2 atom stereocenters. The smallest absolute Gasteiger partial charge is 0.135 e. The van der Waals surface area contributed by atoms with Crippen molar-refractivity contribution in [1.82, 2.24) is 9.97 Å². The molecule has 0 N–H and O–H groups in total. The minimum Gasteiger partial charge on any atom is -0.371 e. The maximum Gasteiger partial charge on any atom is 0.135 e. The van der Waals surface area contributed by atoms with E-state index in [9.17, 15) is 0 Å². The molecule has 2 unspecified atom stereocenters. The van der Waals surface area contributed by atoms with Crippen LogP contribution in [0.3, 0.4) is 0 Å². The second-order valence-electron chi connectivity index (χ2n) is 5.46. The Bertz CT molecular complexity index is 454. The molecule has 19 heavy (non-hydrogen) atoms. The average Bonchev–Trinajstić information content (AvgIpc) is 2.46. The minimum atomic E-state index is 0.248. The van der Waals surface area contributed by atoms with Gasteiger partial charge in [0.1, 0.15) is 12.1 Å². The second kappa shape index (κ2) is 5.75. The molecule has 0 amide bonds. The van der Waals surface area contributed by atoms with Crippen LogP contribution in [0.2, 0.25) is 0 Å². The van der Waals surface area contributed by atoms with Gasteiger partial charge in [-0.1, -0.05) is 15.9 Å². The number of anilines is 1. The maximum absolute atomic E-state index is 5.90. The van der Waals surface area contributed by atoms with Crippen LogP contribution in [0.25, 0.3) is 0 Å². The summed E-state index contributed by atoms with van der Waals surface area (Å²) in [5.41, 5.74) is 2.63. The van der Waals surface area contributed by atoms with E-state index in [0.717, 1.165) is 37.1 Å². The van der Waals surface area contributed by atoms with Gasteiger partial charge in [0.05, 0.1) is 12.2 Å². The lowest BCUT2D eigenvalue weighted by molar-refractivity contribution is -0.00230. The van der Waals surface area contributed by atoms with Crippen LogP contribution in [0.15, 0.2) is 6.33 Å². The highest BCUT2D eigenvalue weighted by molar-refractivity contribution is 9.09. The van der Waals surface area contributed by atoms with Gasteiger partial charge in [-0.05, 0) is 32.6 Å². The van der Waals surface area contributed by atoms with Crippen molar-refractivity contribution in [3.8, 4) is 0 Å². The lowest BCUT2D eigenvalue weighted by Crippen LogP contribution is -2.48. The van der Waals surface area contributed by atoms with Crippen LogP contribution in [-0.4, -0.2) is 40.6 Å². The summed E-state index contributed by atoms with van der Waals surface area (Å²) in [5, 5.41) is 0.876. The first-order chi connectivity index (χ1) is 9.28. The molecular formula is C14H20BrN3O. The van der Waals surface area contributed by atoms with Gasteiger partial charge in [0.25, 0.3) is 0 Å². The number of rotatable bonds is 2. The number of morpholine rings is 1. The summed E-state index contributed by atoms with van der Waals surface area (Å²) in [4.78, 5) is 11.4. The van der Waals surface area contributed by atoms with Gasteiger partial charge < -0.3 is 9.64 Å². The number of nitrogens with zero attached hydrogens (tertiary/aromatic N) is 3. The van der Waals surface area contributed by atoms with Crippen LogP contribution in [0.4, 0.5) is 5.82 Å². The van der Waals surface area contributed by atoms with Gasteiger partial charge in [-0.25, -0.2) is 9.97 Å². The van der Waals surface area contributed by atoms with E-state index >= 15 is 0 Å². The number of fused-ring (bicyclic) bond motifs is 1. The van der Waals surface area contributed by atoms with Gasteiger partial charge in [-0.15, -0.1) is 0 Å². The number of halogens is 1. The standard InChI is InChI=1S/C14H20BrN3O/c1-10-7-18(8-11(6-15)19-10)14-12-4-2-3-5-13(12)16-9-17-14/h9-11H,2-8H2,1H3. The molecule has 2 aliphatic rings. The Hall–Kier alpha value is -0.680. The summed E-state index contributed by atoms with van der Waals surface area (Å²) in [6, 6.07) is 0. The molecule has 1 aromatic rings. The summed E-state index contributed by atoms with van der Waals surface area (Å²) in [6.45, 7) is 3.97. The largest absolute Gasteiger partial charge is 0.371 e. The van der Waals surface area contributed by atoms with E-state index in [0.29, 0.717) is 0 Å². The summed E-state index contributed by atoms with van der Waals surface area (Å²) in [7, 11) is 0. The summed E-state index contributed by atoms with van der Waals surface area (Å²) in [5.74, 6) is 1.14. The summed E-state index contributed by atoms with van der Waals surface area (Å²) < 4.78 is 5.90. The molecule has 1 aromatic heterocycles.